The van der Waals surface area contributed by atoms with Gasteiger partial charge in [0.2, 0.25) is 0 Å². The van der Waals surface area contributed by atoms with Gasteiger partial charge < -0.3 is 14.3 Å². The fourth-order valence-corrected chi connectivity index (χ4v) is 3.30. The van der Waals surface area contributed by atoms with Crippen molar-refractivity contribution in [1.29, 1.82) is 0 Å². The number of methoxy groups -OCH3 is 1. The number of carbonyl (C=O) groups is 1. The van der Waals surface area contributed by atoms with Crippen LogP contribution >= 0.6 is 11.8 Å². The van der Waals surface area contributed by atoms with Crippen molar-refractivity contribution in [3.05, 3.63) is 42.0 Å². The van der Waals surface area contributed by atoms with Crippen LogP contribution < -0.4 is 0 Å². The van der Waals surface area contributed by atoms with Gasteiger partial charge in [-0.05, 0) is 38.3 Å². The first-order chi connectivity index (χ1) is 13.0. The summed E-state index contributed by atoms with van der Waals surface area (Å²) in [6, 6.07) is 8.31. The molecule has 0 N–H and O–H groups in total. The van der Waals surface area contributed by atoms with Gasteiger partial charge in [-0.1, -0.05) is 17.3 Å². The smallest absolute Gasteiger partial charge is 0.330 e. The first-order valence-corrected chi connectivity index (χ1v) is 10.1. The molecule has 0 bridgehead atoms. The molecule has 1 aromatic rings. The summed E-state index contributed by atoms with van der Waals surface area (Å²) in [5, 5.41) is 4.44. The average molecular weight is 393 g/mol. The maximum absolute atomic E-state index is 11.1. The molecule has 0 aromatic heterocycles. The van der Waals surface area contributed by atoms with E-state index >= 15 is 0 Å². The van der Waals surface area contributed by atoms with E-state index in [2.05, 4.69) is 59.2 Å². The predicted molar refractivity (Wildman–Crippen MR) is 108 cm³/mol. The molecule has 0 amide bonds. The zero-order valence-corrected chi connectivity index (χ0v) is 17.3. The average Bonchev–Trinajstić information content (AvgIpc) is 2.71. The Morgan fingerprint density at radius 1 is 1.30 bits per heavy atom. The van der Waals surface area contributed by atoms with Gasteiger partial charge in [0.25, 0.3) is 0 Å². The van der Waals surface area contributed by atoms with Crippen LogP contribution in [0.25, 0.3) is 0 Å². The standard InChI is InChI=1S/C20H28N2O4S/c1-20(2,22-11-14-25-15-12-22)19(16-7-9-17(27-4)10-8-16)21-26-13-5-6-18(23)24-3/h5-10H,11-15H2,1-4H3. The molecule has 0 radical (unpaired) electrons. The number of morpholine rings is 1. The lowest BCUT2D eigenvalue weighted by atomic mass is 9.90. The molecule has 0 spiro atoms. The van der Waals surface area contributed by atoms with E-state index in [9.17, 15) is 4.79 Å². The van der Waals surface area contributed by atoms with Crippen molar-refractivity contribution >= 4 is 23.4 Å². The molecule has 0 unspecified atom stereocenters. The summed E-state index contributed by atoms with van der Waals surface area (Å²) < 4.78 is 10.1. The molecule has 1 aromatic carbocycles. The second kappa shape index (κ2) is 10.5. The molecule has 7 heteroatoms. The highest BCUT2D eigenvalue weighted by atomic mass is 32.2. The number of hydrogen-bond acceptors (Lipinski definition) is 7. The molecule has 1 fully saturated rings. The Hall–Kier alpha value is -1.83. The van der Waals surface area contributed by atoms with Crippen molar-refractivity contribution in [2.75, 3.05) is 46.3 Å². The second-order valence-corrected chi connectivity index (χ2v) is 7.43. The van der Waals surface area contributed by atoms with E-state index < -0.39 is 5.97 Å². The summed E-state index contributed by atoms with van der Waals surface area (Å²) in [5.41, 5.74) is 1.54. The van der Waals surface area contributed by atoms with Crippen molar-refractivity contribution < 1.29 is 19.1 Å². The molecule has 6 nitrogen and oxygen atoms in total. The van der Waals surface area contributed by atoms with Crippen molar-refractivity contribution in [2.24, 2.45) is 5.16 Å². The van der Waals surface area contributed by atoms with Gasteiger partial charge in [0, 0.05) is 29.6 Å². The van der Waals surface area contributed by atoms with Crippen LogP contribution in [0, 0.1) is 0 Å². The largest absolute Gasteiger partial charge is 0.466 e. The fraction of sp³-hybridized carbons (Fsp3) is 0.500. The summed E-state index contributed by atoms with van der Waals surface area (Å²) in [6.45, 7) is 7.60. The van der Waals surface area contributed by atoms with Crippen LogP contribution in [-0.4, -0.2) is 68.4 Å². The van der Waals surface area contributed by atoms with Gasteiger partial charge in [-0.25, -0.2) is 4.79 Å². The predicted octanol–water partition coefficient (Wildman–Crippen LogP) is 2.97. The topological polar surface area (TPSA) is 60.4 Å². The lowest BCUT2D eigenvalue weighted by Gasteiger charge is -2.41. The number of esters is 1. The molecule has 0 atom stereocenters. The van der Waals surface area contributed by atoms with Gasteiger partial charge in [0.1, 0.15) is 12.3 Å². The van der Waals surface area contributed by atoms with Crippen LogP contribution in [0.3, 0.4) is 0 Å². The third kappa shape index (κ3) is 6.09. The third-order valence-electron chi connectivity index (χ3n) is 4.53. The van der Waals surface area contributed by atoms with Crippen LogP contribution in [0.5, 0.6) is 0 Å². The van der Waals surface area contributed by atoms with Crippen LogP contribution in [0.15, 0.2) is 46.5 Å². The quantitative estimate of drug-likeness (QED) is 0.169. The van der Waals surface area contributed by atoms with Gasteiger partial charge in [0.05, 0.1) is 25.9 Å². The first-order valence-electron chi connectivity index (χ1n) is 8.91. The fourth-order valence-electron chi connectivity index (χ4n) is 2.90. The minimum atomic E-state index is -0.413. The van der Waals surface area contributed by atoms with Crippen molar-refractivity contribution in [3.8, 4) is 0 Å². The molecule has 1 aliphatic rings. The van der Waals surface area contributed by atoms with E-state index in [1.165, 1.54) is 18.1 Å². The maximum atomic E-state index is 11.1. The van der Waals surface area contributed by atoms with E-state index in [4.69, 9.17) is 9.57 Å². The summed E-state index contributed by atoms with van der Waals surface area (Å²) in [6.07, 6.45) is 4.97. The Labute approximate surface area is 165 Å². The van der Waals surface area contributed by atoms with E-state index in [0.29, 0.717) is 13.2 Å². The Balaban J connectivity index is 2.22. The minimum absolute atomic E-state index is 0.195. The molecular formula is C20H28N2O4S. The highest BCUT2D eigenvalue weighted by Crippen LogP contribution is 2.25. The normalized spacial score (nSPS) is 16.5. The number of oxime groups is 1. The van der Waals surface area contributed by atoms with Crippen LogP contribution in [0.4, 0.5) is 0 Å². The lowest BCUT2D eigenvalue weighted by molar-refractivity contribution is -0.134. The first kappa shape index (κ1) is 21.5. The summed E-state index contributed by atoms with van der Waals surface area (Å²) in [5.74, 6) is -0.413. The Morgan fingerprint density at radius 3 is 2.56 bits per heavy atom. The summed E-state index contributed by atoms with van der Waals surface area (Å²) >= 11 is 1.70. The van der Waals surface area contributed by atoms with Crippen molar-refractivity contribution in [2.45, 2.75) is 24.3 Å². The highest BCUT2D eigenvalue weighted by Gasteiger charge is 2.35. The highest BCUT2D eigenvalue weighted by molar-refractivity contribution is 7.98. The third-order valence-corrected chi connectivity index (χ3v) is 5.27. The van der Waals surface area contributed by atoms with E-state index in [0.717, 1.165) is 24.4 Å². The number of nitrogens with zero attached hydrogens (tertiary/aromatic N) is 2. The summed E-state index contributed by atoms with van der Waals surface area (Å²) in [7, 11) is 1.34. The van der Waals surface area contributed by atoms with Crippen LogP contribution in [-0.2, 0) is 19.1 Å². The molecule has 148 valence electrons. The number of rotatable bonds is 8. The van der Waals surface area contributed by atoms with E-state index in [-0.39, 0.29) is 12.1 Å². The molecule has 1 aliphatic heterocycles. The molecule has 2 rings (SSSR count). The van der Waals surface area contributed by atoms with Gasteiger partial charge >= 0.3 is 5.97 Å². The van der Waals surface area contributed by atoms with E-state index in [1.807, 2.05) is 0 Å². The molecule has 0 saturated carbocycles. The Kier molecular flexibility index (Phi) is 8.34. The lowest BCUT2D eigenvalue weighted by Crippen LogP contribution is -2.54. The van der Waals surface area contributed by atoms with Crippen molar-refractivity contribution in [3.63, 3.8) is 0 Å². The Bertz CT molecular complexity index is 665. The van der Waals surface area contributed by atoms with Gasteiger partial charge in [-0.15, -0.1) is 11.8 Å². The SMILES string of the molecule is COC(=O)C=CCON=C(c1ccc(SC)cc1)C(C)(C)N1CCOCC1. The maximum Gasteiger partial charge on any atom is 0.330 e. The number of ether oxygens (including phenoxy) is 2. The number of carbonyl (C=O) groups excluding carboxylic acids is 1. The molecule has 1 saturated heterocycles. The van der Waals surface area contributed by atoms with Gasteiger partial charge in [-0.3, -0.25) is 4.90 Å². The zero-order chi connectivity index (χ0) is 19.7. The second-order valence-electron chi connectivity index (χ2n) is 6.55. The monoisotopic (exact) mass is 392 g/mol. The van der Waals surface area contributed by atoms with Gasteiger partial charge in [0.15, 0.2) is 0 Å². The number of thioether (sulfide) groups is 1. The van der Waals surface area contributed by atoms with Gasteiger partial charge in [-0.2, -0.15) is 0 Å². The van der Waals surface area contributed by atoms with Crippen molar-refractivity contribution in [1.82, 2.24) is 4.90 Å². The molecule has 0 aliphatic carbocycles. The molecule has 1 heterocycles. The van der Waals surface area contributed by atoms with Crippen LogP contribution in [0.2, 0.25) is 0 Å². The number of hydrogen-bond donors (Lipinski definition) is 0. The molecule has 27 heavy (non-hydrogen) atoms. The minimum Gasteiger partial charge on any atom is -0.466 e. The molecular weight excluding hydrogens is 364 g/mol. The van der Waals surface area contributed by atoms with E-state index in [1.54, 1.807) is 17.8 Å². The van der Waals surface area contributed by atoms with Crippen LogP contribution in [0.1, 0.15) is 19.4 Å². The zero-order valence-electron chi connectivity index (χ0n) is 16.4. The Morgan fingerprint density at radius 2 is 1.96 bits per heavy atom. The number of benzene rings is 1. The summed E-state index contributed by atoms with van der Waals surface area (Å²) in [4.78, 5) is 20.2.